The molecule has 4 nitrogen and oxygen atoms in total. The van der Waals surface area contributed by atoms with E-state index in [0.717, 1.165) is 25.7 Å². The fourth-order valence-electron chi connectivity index (χ4n) is 3.62. The van der Waals surface area contributed by atoms with Gasteiger partial charge in [0, 0.05) is 6.42 Å². The zero-order valence-corrected chi connectivity index (χ0v) is 21.4. The van der Waals surface area contributed by atoms with Crippen LogP contribution in [0.2, 0.25) is 0 Å². The first-order valence-corrected chi connectivity index (χ1v) is 13.2. The van der Waals surface area contributed by atoms with E-state index < -0.39 is 5.41 Å². The molecule has 0 aliphatic heterocycles. The molecule has 0 heterocycles. The summed E-state index contributed by atoms with van der Waals surface area (Å²) in [6, 6.07) is 0. The number of rotatable bonds is 21. The Balaban J connectivity index is 3.84. The van der Waals surface area contributed by atoms with Crippen molar-refractivity contribution >= 4 is 11.9 Å². The minimum atomic E-state index is -0.583. The standard InChI is InChI=1S/C27H52O4/c1-6-8-10-12-14-15-17-18-22-30-25(28)21-20-24(3)27(4,5)26(29)31-23-19-16-13-11-9-7-2/h24H,6-23H2,1-5H3. The molecule has 0 saturated carbocycles. The average Bonchev–Trinajstić information content (AvgIpc) is 2.75. The van der Waals surface area contributed by atoms with E-state index in [9.17, 15) is 9.59 Å². The molecule has 0 aromatic heterocycles. The second kappa shape index (κ2) is 19.6. The maximum absolute atomic E-state index is 12.5. The Morgan fingerprint density at radius 1 is 0.677 bits per heavy atom. The lowest BCUT2D eigenvalue weighted by molar-refractivity contribution is -0.158. The van der Waals surface area contributed by atoms with Crippen LogP contribution in [0.25, 0.3) is 0 Å². The third-order valence-electron chi connectivity index (χ3n) is 6.53. The molecule has 0 saturated heterocycles. The van der Waals surface area contributed by atoms with Crippen molar-refractivity contribution < 1.29 is 19.1 Å². The summed E-state index contributed by atoms with van der Waals surface area (Å²) in [6.45, 7) is 11.3. The number of hydrogen-bond acceptors (Lipinski definition) is 4. The quantitative estimate of drug-likeness (QED) is 0.134. The Kier molecular flexibility index (Phi) is 18.9. The van der Waals surface area contributed by atoms with Gasteiger partial charge < -0.3 is 9.47 Å². The van der Waals surface area contributed by atoms with Crippen LogP contribution in [-0.4, -0.2) is 25.2 Å². The van der Waals surface area contributed by atoms with E-state index in [1.165, 1.54) is 64.2 Å². The van der Waals surface area contributed by atoms with E-state index in [-0.39, 0.29) is 17.9 Å². The Morgan fingerprint density at radius 2 is 1.10 bits per heavy atom. The number of carbonyl (C=O) groups is 2. The van der Waals surface area contributed by atoms with Crippen molar-refractivity contribution in [3.8, 4) is 0 Å². The van der Waals surface area contributed by atoms with Crippen LogP contribution in [-0.2, 0) is 19.1 Å². The smallest absolute Gasteiger partial charge is 0.311 e. The number of hydrogen-bond donors (Lipinski definition) is 0. The summed E-state index contributed by atoms with van der Waals surface area (Å²) in [5.74, 6) is -0.230. The third kappa shape index (κ3) is 16.3. The predicted octanol–water partition coefficient (Wildman–Crippen LogP) is 8.02. The van der Waals surface area contributed by atoms with E-state index in [0.29, 0.717) is 26.1 Å². The van der Waals surface area contributed by atoms with Crippen LogP contribution in [0.15, 0.2) is 0 Å². The largest absolute Gasteiger partial charge is 0.466 e. The lowest BCUT2D eigenvalue weighted by Crippen LogP contribution is -2.34. The zero-order valence-electron chi connectivity index (χ0n) is 21.4. The van der Waals surface area contributed by atoms with Gasteiger partial charge in [0.1, 0.15) is 0 Å². The molecule has 0 spiro atoms. The van der Waals surface area contributed by atoms with Gasteiger partial charge in [-0.05, 0) is 39.0 Å². The Labute approximate surface area is 193 Å². The normalized spacial score (nSPS) is 12.5. The average molecular weight is 441 g/mol. The van der Waals surface area contributed by atoms with Crippen LogP contribution in [0.1, 0.15) is 137 Å². The third-order valence-corrected chi connectivity index (χ3v) is 6.53. The second-order valence-electron chi connectivity index (χ2n) is 9.76. The summed E-state index contributed by atoms with van der Waals surface area (Å²) < 4.78 is 10.9. The molecule has 31 heavy (non-hydrogen) atoms. The van der Waals surface area contributed by atoms with Crippen molar-refractivity contribution in [2.45, 2.75) is 137 Å². The minimum Gasteiger partial charge on any atom is -0.466 e. The first-order chi connectivity index (χ1) is 14.9. The van der Waals surface area contributed by atoms with Crippen LogP contribution < -0.4 is 0 Å². The van der Waals surface area contributed by atoms with Gasteiger partial charge in [-0.3, -0.25) is 9.59 Å². The lowest BCUT2D eigenvalue weighted by atomic mass is 9.77. The van der Waals surface area contributed by atoms with Gasteiger partial charge in [-0.2, -0.15) is 0 Å². The van der Waals surface area contributed by atoms with Gasteiger partial charge >= 0.3 is 11.9 Å². The second-order valence-corrected chi connectivity index (χ2v) is 9.76. The number of carbonyl (C=O) groups excluding carboxylic acids is 2. The molecule has 0 fully saturated rings. The monoisotopic (exact) mass is 440 g/mol. The topological polar surface area (TPSA) is 52.6 Å². The molecule has 184 valence electrons. The van der Waals surface area contributed by atoms with E-state index in [2.05, 4.69) is 13.8 Å². The summed E-state index contributed by atoms with van der Waals surface area (Å²) in [7, 11) is 0. The van der Waals surface area contributed by atoms with Gasteiger partial charge in [0.25, 0.3) is 0 Å². The Hall–Kier alpha value is -1.06. The van der Waals surface area contributed by atoms with E-state index in [1.54, 1.807) is 0 Å². The molecule has 0 N–H and O–H groups in total. The van der Waals surface area contributed by atoms with Crippen molar-refractivity contribution in [1.29, 1.82) is 0 Å². The summed E-state index contributed by atoms with van der Waals surface area (Å²) >= 11 is 0. The van der Waals surface area contributed by atoms with E-state index in [1.807, 2.05) is 20.8 Å². The highest BCUT2D eigenvalue weighted by molar-refractivity contribution is 5.76. The van der Waals surface area contributed by atoms with Crippen molar-refractivity contribution in [2.24, 2.45) is 11.3 Å². The molecular formula is C27H52O4. The predicted molar refractivity (Wildman–Crippen MR) is 130 cm³/mol. The molecule has 4 heteroatoms. The van der Waals surface area contributed by atoms with Gasteiger partial charge in [-0.15, -0.1) is 0 Å². The van der Waals surface area contributed by atoms with E-state index >= 15 is 0 Å². The fraction of sp³-hybridized carbons (Fsp3) is 0.926. The molecule has 0 aliphatic rings. The SMILES string of the molecule is CCCCCCCCCCOC(=O)CCC(C)C(C)(C)C(=O)OCCCCCCCC. The van der Waals surface area contributed by atoms with Gasteiger partial charge in [-0.1, -0.05) is 97.8 Å². The highest BCUT2D eigenvalue weighted by Crippen LogP contribution is 2.31. The first-order valence-electron chi connectivity index (χ1n) is 13.2. The van der Waals surface area contributed by atoms with Crippen LogP contribution >= 0.6 is 0 Å². The van der Waals surface area contributed by atoms with Crippen LogP contribution in [0.3, 0.4) is 0 Å². The molecule has 0 aromatic rings. The Bertz CT molecular complexity index is 445. The molecule has 0 amide bonds. The lowest BCUT2D eigenvalue weighted by Gasteiger charge is -2.29. The maximum Gasteiger partial charge on any atom is 0.311 e. The van der Waals surface area contributed by atoms with Crippen LogP contribution in [0.5, 0.6) is 0 Å². The summed E-state index contributed by atoms with van der Waals surface area (Å²) in [4.78, 5) is 24.5. The molecule has 1 unspecified atom stereocenters. The van der Waals surface area contributed by atoms with Gasteiger partial charge in [-0.25, -0.2) is 0 Å². The van der Waals surface area contributed by atoms with Crippen molar-refractivity contribution in [2.75, 3.05) is 13.2 Å². The molecule has 0 rings (SSSR count). The summed E-state index contributed by atoms with van der Waals surface area (Å²) in [5.41, 5.74) is -0.583. The number of ether oxygens (including phenoxy) is 2. The highest BCUT2D eigenvalue weighted by atomic mass is 16.5. The zero-order chi connectivity index (χ0) is 23.4. The first kappa shape index (κ1) is 29.9. The number of esters is 2. The summed E-state index contributed by atoms with van der Waals surface area (Å²) in [6.07, 6.45) is 18.0. The molecule has 0 radical (unpaired) electrons. The summed E-state index contributed by atoms with van der Waals surface area (Å²) in [5, 5.41) is 0. The maximum atomic E-state index is 12.5. The van der Waals surface area contributed by atoms with Crippen LogP contribution in [0.4, 0.5) is 0 Å². The van der Waals surface area contributed by atoms with Gasteiger partial charge in [0.15, 0.2) is 0 Å². The molecule has 1 atom stereocenters. The van der Waals surface area contributed by atoms with Crippen LogP contribution in [0, 0.1) is 11.3 Å². The minimum absolute atomic E-state index is 0.0697. The molecule has 0 bridgehead atoms. The molecule has 0 aromatic carbocycles. The van der Waals surface area contributed by atoms with Crippen molar-refractivity contribution in [3.05, 3.63) is 0 Å². The number of unbranched alkanes of at least 4 members (excludes halogenated alkanes) is 12. The van der Waals surface area contributed by atoms with Gasteiger partial charge in [0.2, 0.25) is 0 Å². The molecule has 0 aliphatic carbocycles. The van der Waals surface area contributed by atoms with E-state index in [4.69, 9.17) is 9.47 Å². The highest BCUT2D eigenvalue weighted by Gasteiger charge is 2.35. The van der Waals surface area contributed by atoms with Gasteiger partial charge in [0.05, 0.1) is 18.6 Å². The van der Waals surface area contributed by atoms with Crippen molar-refractivity contribution in [3.63, 3.8) is 0 Å². The van der Waals surface area contributed by atoms with Crippen molar-refractivity contribution in [1.82, 2.24) is 0 Å². The fourth-order valence-corrected chi connectivity index (χ4v) is 3.62. The Morgan fingerprint density at radius 3 is 1.58 bits per heavy atom. The molecular weight excluding hydrogens is 388 g/mol.